The highest BCUT2D eigenvalue weighted by Crippen LogP contribution is 2.36. The van der Waals surface area contributed by atoms with E-state index in [2.05, 4.69) is 33.0 Å². The van der Waals surface area contributed by atoms with E-state index in [1.165, 1.54) is 14.2 Å². The van der Waals surface area contributed by atoms with Crippen LogP contribution in [0.5, 0.6) is 5.75 Å². The fourth-order valence-electron chi connectivity index (χ4n) is 4.42. The molecule has 7 nitrogen and oxygen atoms in total. The molecule has 38 heavy (non-hydrogen) atoms. The molecule has 2 rings (SSSR count). The Labute approximate surface area is 228 Å². The topological polar surface area (TPSA) is 98.8 Å². The van der Waals surface area contributed by atoms with E-state index in [0.717, 1.165) is 36.0 Å². The van der Waals surface area contributed by atoms with E-state index in [1.54, 1.807) is 32.0 Å². The van der Waals surface area contributed by atoms with Crippen molar-refractivity contribution >= 4 is 27.4 Å². The standard InChI is InChI=1S/C30H43NO6S/c1-9-10-11-22(24-14-13-23(19-27(24)36-7)38(34,35)20(2)3)18-28(32)31-26-16-21(17-29(33)37-8)12-15-25(26)30(4,5)6/h12-16,19-20,22H,9-11,17-18H2,1-8H3,(H,31,32). The summed E-state index contributed by atoms with van der Waals surface area (Å²) in [5, 5.41) is 2.54. The lowest BCUT2D eigenvalue weighted by atomic mass is 9.84. The average molecular weight is 546 g/mol. The average Bonchev–Trinajstić information content (AvgIpc) is 2.85. The zero-order valence-electron chi connectivity index (χ0n) is 24.0. The van der Waals surface area contributed by atoms with Crippen LogP contribution in [0.15, 0.2) is 41.3 Å². The van der Waals surface area contributed by atoms with Gasteiger partial charge in [0.15, 0.2) is 9.84 Å². The number of methoxy groups -OCH3 is 2. The Morgan fingerprint density at radius 2 is 1.71 bits per heavy atom. The molecule has 0 spiro atoms. The first-order valence-corrected chi connectivity index (χ1v) is 14.7. The lowest BCUT2D eigenvalue weighted by Gasteiger charge is -2.25. The van der Waals surface area contributed by atoms with Gasteiger partial charge in [0, 0.05) is 12.1 Å². The van der Waals surface area contributed by atoms with Gasteiger partial charge in [-0.25, -0.2) is 8.42 Å². The van der Waals surface area contributed by atoms with Crippen molar-refractivity contribution in [2.24, 2.45) is 0 Å². The Morgan fingerprint density at radius 1 is 1.03 bits per heavy atom. The van der Waals surface area contributed by atoms with Crippen LogP contribution in [0.25, 0.3) is 0 Å². The molecule has 1 atom stereocenters. The zero-order chi connectivity index (χ0) is 28.7. The Bertz CT molecular complexity index is 1230. The number of carbonyl (C=O) groups is 2. The van der Waals surface area contributed by atoms with Crippen LogP contribution in [0.3, 0.4) is 0 Å². The van der Waals surface area contributed by atoms with Crippen molar-refractivity contribution in [2.75, 3.05) is 19.5 Å². The fraction of sp³-hybridized carbons (Fsp3) is 0.533. The van der Waals surface area contributed by atoms with Crippen molar-refractivity contribution in [3.8, 4) is 5.75 Å². The van der Waals surface area contributed by atoms with E-state index in [4.69, 9.17) is 9.47 Å². The summed E-state index contributed by atoms with van der Waals surface area (Å²) in [4.78, 5) is 25.4. The molecular weight excluding hydrogens is 502 g/mol. The first kappa shape index (κ1) is 31.3. The highest BCUT2D eigenvalue weighted by atomic mass is 32.2. The third-order valence-corrected chi connectivity index (χ3v) is 8.83. The Kier molecular flexibility index (Phi) is 10.9. The summed E-state index contributed by atoms with van der Waals surface area (Å²) in [6.45, 7) is 11.6. The number of ether oxygens (including phenoxy) is 2. The number of esters is 1. The molecule has 8 heteroatoms. The molecule has 0 heterocycles. The van der Waals surface area contributed by atoms with Crippen LogP contribution in [0.4, 0.5) is 5.69 Å². The number of sulfone groups is 1. The molecule has 1 unspecified atom stereocenters. The molecule has 2 aromatic rings. The molecule has 210 valence electrons. The van der Waals surface area contributed by atoms with E-state index in [-0.39, 0.29) is 40.9 Å². The van der Waals surface area contributed by atoms with Gasteiger partial charge in [0.2, 0.25) is 5.91 Å². The molecule has 0 aliphatic rings. The predicted octanol–water partition coefficient (Wildman–Crippen LogP) is 6.19. The van der Waals surface area contributed by atoms with Gasteiger partial charge in [-0.15, -0.1) is 0 Å². The molecule has 0 fully saturated rings. The van der Waals surface area contributed by atoms with Crippen LogP contribution in [0.2, 0.25) is 0 Å². The first-order valence-electron chi connectivity index (χ1n) is 13.2. The van der Waals surface area contributed by atoms with E-state index in [9.17, 15) is 18.0 Å². The highest BCUT2D eigenvalue weighted by Gasteiger charge is 2.26. The van der Waals surface area contributed by atoms with Crippen molar-refractivity contribution < 1.29 is 27.5 Å². The van der Waals surface area contributed by atoms with Crippen LogP contribution in [-0.2, 0) is 36.0 Å². The molecular formula is C30H43NO6S. The van der Waals surface area contributed by atoms with Gasteiger partial charge >= 0.3 is 5.97 Å². The molecule has 0 saturated carbocycles. The molecule has 0 aromatic heterocycles. The van der Waals surface area contributed by atoms with E-state index in [1.807, 2.05) is 18.2 Å². The zero-order valence-corrected chi connectivity index (χ0v) is 24.8. The minimum absolute atomic E-state index is 0.117. The van der Waals surface area contributed by atoms with Crippen molar-refractivity contribution in [3.63, 3.8) is 0 Å². The summed E-state index contributed by atoms with van der Waals surface area (Å²) < 4.78 is 35.8. The van der Waals surface area contributed by atoms with Crippen LogP contribution in [0.1, 0.15) is 89.8 Å². The van der Waals surface area contributed by atoms with Gasteiger partial charge in [-0.3, -0.25) is 9.59 Å². The summed E-state index contributed by atoms with van der Waals surface area (Å²) in [7, 11) is -0.589. The summed E-state index contributed by atoms with van der Waals surface area (Å²) in [5.74, 6) is -0.193. The van der Waals surface area contributed by atoms with Crippen molar-refractivity contribution in [1.29, 1.82) is 0 Å². The second-order valence-corrected chi connectivity index (χ2v) is 13.5. The maximum absolute atomic E-state index is 13.4. The van der Waals surface area contributed by atoms with Gasteiger partial charge in [-0.05, 0) is 66.5 Å². The number of unbranched alkanes of at least 4 members (excludes halogenated alkanes) is 1. The number of hydrogen-bond donors (Lipinski definition) is 1. The molecule has 1 N–H and O–H groups in total. The number of hydrogen-bond acceptors (Lipinski definition) is 6. The lowest BCUT2D eigenvalue weighted by molar-refractivity contribution is -0.139. The van der Waals surface area contributed by atoms with Gasteiger partial charge in [0.1, 0.15) is 5.75 Å². The van der Waals surface area contributed by atoms with Crippen LogP contribution in [0, 0.1) is 0 Å². The summed E-state index contributed by atoms with van der Waals surface area (Å²) in [6.07, 6.45) is 2.95. The SMILES string of the molecule is CCCCC(CC(=O)Nc1cc(CC(=O)OC)ccc1C(C)(C)C)c1ccc(S(=O)(=O)C(C)C)cc1OC. The van der Waals surface area contributed by atoms with Crippen molar-refractivity contribution in [3.05, 3.63) is 53.1 Å². The monoisotopic (exact) mass is 545 g/mol. The Hall–Kier alpha value is -2.87. The lowest BCUT2D eigenvalue weighted by Crippen LogP contribution is -2.21. The normalized spacial score (nSPS) is 12.8. The molecule has 0 bridgehead atoms. The quantitative estimate of drug-likeness (QED) is 0.319. The van der Waals surface area contributed by atoms with Crippen LogP contribution >= 0.6 is 0 Å². The van der Waals surface area contributed by atoms with Crippen molar-refractivity contribution in [1.82, 2.24) is 0 Å². The number of anilines is 1. The fourth-order valence-corrected chi connectivity index (χ4v) is 5.49. The maximum atomic E-state index is 13.4. The largest absolute Gasteiger partial charge is 0.496 e. The van der Waals surface area contributed by atoms with Gasteiger partial charge in [-0.2, -0.15) is 0 Å². The third-order valence-electron chi connectivity index (χ3n) is 6.67. The number of nitrogens with one attached hydrogen (secondary N) is 1. The predicted molar refractivity (Wildman–Crippen MR) is 152 cm³/mol. The number of carbonyl (C=O) groups excluding carboxylic acids is 2. The highest BCUT2D eigenvalue weighted by molar-refractivity contribution is 7.92. The van der Waals surface area contributed by atoms with E-state index < -0.39 is 15.1 Å². The van der Waals surface area contributed by atoms with Gasteiger partial charge in [0.25, 0.3) is 0 Å². The molecule has 0 radical (unpaired) electrons. The molecule has 1 amide bonds. The third kappa shape index (κ3) is 8.06. The van der Waals surface area contributed by atoms with E-state index >= 15 is 0 Å². The number of amides is 1. The minimum Gasteiger partial charge on any atom is -0.496 e. The number of benzene rings is 2. The van der Waals surface area contributed by atoms with E-state index in [0.29, 0.717) is 11.4 Å². The summed E-state index contributed by atoms with van der Waals surface area (Å²) in [6, 6.07) is 10.6. The van der Waals surface area contributed by atoms with Gasteiger partial charge in [-0.1, -0.05) is 58.7 Å². The Morgan fingerprint density at radius 3 is 2.26 bits per heavy atom. The van der Waals surface area contributed by atoms with Crippen LogP contribution < -0.4 is 10.1 Å². The molecule has 0 aliphatic heterocycles. The van der Waals surface area contributed by atoms with Crippen molar-refractivity contribution in [2.45, 2.75) is 95.1 Å². The number of rotatable bonds is 12. The minimum atomic E-state index is -3.46. The smallest absolute Gasteiger partial charge is 0.309 e. The molecule has 0 aliphatic carbocycles. The first-order chi connectivity index (χ1) is 17.7. The summed E-state index contributed by atoms with van der Waals surface area (Å²) >= 11 is 0. The second kappa shape index (κ2) is 13.3. The van der Waals surface area contributed by atoms with Gasteiger partial charge < -0.3 is 14.8 Å². The molecule has 2 aromatic carbocycles. The maximum Gasteiger partial charge on any atom is 0.309 e. The molecule has 0 saturated heterocycles. The second-order valence-electron chi connectivity index (χ2n) is 11.0. The van der Waals surface area contributed by atoms with Crippen LogP contribution in [-0.4, -0.2) is 39.8 Å². The van der Waals surface area contributed by atoms with Gasteiger partial charge in [0.05, 0.1) is 30.8 Å². The Balaban J connectivity index is 2.41. The summed E-state index contributed by atoms with van der Waals surface area (Å²) in [5.41, 5.74) is 2.98.